The summed E-state index contributed by atoms with van der Waals surface area (Å²) in [7, 11) is 0. The summed E-state index contributed by atoms with van der Waals surface area (Å²) < 4.78 is 2.36. The van der Waals surface area contributed by atoms with Crippen LogP contribution in [0.5, 0.6) is 0 Å². The van der Waals surface area contributed by atoms with Crippen molar-refractivity contribution in [1.82, 2.24) is 14.9 Å². The van der Waals surface area contributed by atoms with Crippen molar-refractivity contribution in [2.75, 3.05) is 13.1 Å². The number of imidazole rings is 1. The Labute approximate surface area is 121 Å². The standard InChI is InChI=1S/C17H23N3/c1-13-5-3-4-6-16(13)14(2)20-12-19-11-17(20)15-7-9-18-10-8-15/h3-6,11-12,14-15,18H,7-10H2,1-2H3. The summed E-state index contributed by atoms with van der Waals surface area (Å²) in [5.74, 6) is 0.644. The van der Waals surface area contributed by atoms with Gasteiger partial charge in [-0.2, -0.15) is 0 Å². The number of nitrogens with zero attached hydrogens (tertiary/aromatic N) is 2. The van der Waals surface area contributed by atoms with Gasteiger partial charge in [-0.25, -0.2) is 4.98 Å². The summed E-state index contributed by atoms with van der Waals surface area (Å²) in [5.41, 5.74) is 4.13. The Morgan fingerprint density at radius 3 is 2.75 bits per heavy atom. The lowest BCUT2D eigenvalue weighted by molar-refractivity contribution is 0.433. The van der Waals surface area contributed by atoms with Gasteiger partial charge in [0.05, 0.1) is 12.4 Å². The molecule has 1 aliphatic rings. The lowest BCUT2D eigenvalue weighted by atomic mass is 9.94. The van der Waals surface area contributed by atoms with Gasteiger partial charge in [-0.3, -0.25) is 0 Å². The molecule has 1 aromatic heterocycles. The fourth-order valence-corrected chi connectivity index (χ4v) is 3.28. The van der Waals surface area contributed by atoms with Crippen LogP contribution in [0.25, 0.3) is 0 Å². The maximum absolute atomic E-state index is 4.42. The number of nitrogens with one attached hydrogen (secondary N) is 1. The molecule has 1 unspecified atom stereocenters. The summed E-state index contributed by atoms with van der Waals surface area (Å²) in [6.45, 7) is 6.70. The number of aryl methyl sites for hydroxylation is 1. The van der Waals surface area contributed by atoms with Crippen LogP contribution in [0.3, 0.4) is 0 Å². The highest BCUT2D eigenvalue weighted by atomic mass is 15.1. The molecular weight excluding hydrogens is 246 g/mol. The quantitative estimate of drug-likeness (QED) is 0.927. The minimum absolute atomic E-state index is 0.351. The van der Waals surface area contributed by atoms with Gasteiger partial charge < -0.3 is 9.88 Å². The Kier molecular flexibility index (Phi) is 3.88. The minimum Gasteiger partial charge on any atom is -0.327 e. The first kappa shape index (κ1) is 13.4. The Morgan fingerprint density at radius 1 is 1.25 bits per heavy atom. The second-order valence-electron chi connectivity index (χ2n) is 5.78. The molecule has 0 aliphatic carbocycles. The third kappa shape index (κ3) is 2.50. The monoisotopic (exact) mass is 269 g/mol. The smallest absolute Gasteiger partial charge is 0.0953 e. The lowest BCUT2D eigenvalue weighted by Crippen LogP contribution is -2.28. The van der Waals surface area contributed by atoms with Crippen molar-refractivity contribution < 1.29 is 0 Å². The van der Waals surface area contributed by atoms with Crippen molar-refractivity contribution in [3.05, 3.63) is 53.6 Å². The molecule has 2 aromatic rings. The van der Waals surface area contributed by atoms with Crippen molar-refractivity contribution in [1.29, 1.82) is 0 Å². The Balaban J connectivity index is 1.91. The topological polar surface area (TPSA) is 29.9 Å². The molecule has 0 radical (unpaired) electrons. The van der Waals surface area contributed by atoms with Gasteiger partial charge in [0.25, 0.3) is 0 Å². The molecular formula is C17H23N3. The van der Waals surface area contributed by atoms with Crippen molar-refractivity contribution in [3.8, 4) is 0 Å². The number of hydrogen-bond donors (Lipinski definition) is 1. The van der Waals surface area contributed by atoms with E-state index in [-0.39, 0.29) is 0 Å². The van der Waals surface area contributed by atoms with Crippen molar-refractivity contribution in [3.63, 3.8) is 0 Å². The second-order valence-corrected chi connectivity index (χ2v) is 5.78. The van der Waals surface area contributed by atoms with Gasteiger partial charge in [0.1, 0.15) is 0 Å². The normalized spacial score (nSPS) is 18.1. The number of piperidine rings is 1. The number of hydrogen-bond acceptors (Lipinski definition) is 2. The summed E-state index contributed by atoms with van der Waals surface area (Å²) in [6, 6.07) is 9.00. The molecule has 1 atom stereocenters. The van der Waals surface area contributed by atoms with Gasteiger partial charge in [-0.05, 0) is 50.9 Å². The van der Waals surface area contributed by atoms with E-state index in [1.54, 1.807) is 0 Å². The van der Waals surface area contributed by atoms with E-state index in [0.717, 1.165) is 13.1 Å². The third-order valence-electron chi connectivity index (χ3n) is 4.51. The van der Waals surface area contributed by atoms with Gasteiger partial charge in [0, 0.05) is 17.8 Å². The number of rotatable bonds is 3. The van der Waals surface area contributed by atoms with Crippen LogP contribution in [0.4, 0.5) is 0 Å². The van der Waals surface area contributed by atoms with Gasteiger partial charge in [0.15, 0.2) is 0 Å². The van der Waals surface area contributed by atoms with E-state index in [9.17, 15) is 0 Å². The average Bonchev–Trinajstić information content (AvgIpc) is 2.97. The fourth-order valence-electron chi connectivity index (χ4n) is 3.28. The summed E-state index contributed by atoms with van der Waals surface area (Å²) in [4.78, 5) is 4.42. The van der Waals surface area contributed by atoms with E-state index in [4.69, 9.17) is 0 Å². The zero-order valence-corrected chi connectivity index (χ0v) is 12.3. The first-order valence-electron chi connectivity index (χ1n) is 7.55. The van der Waals surface area contributed by atoms with E-state index < -0.39 is 0 Å². The highest BCUT2D eigenvalue weighted by Gasteiger charge is 2.21. The highest BCUT2D eigenvalue weighted by Crippen LogP contribution is 2.30. The van der Waals surface area contributed by atoms with E-state index in [1.807, 2.05) is 6.33 Å². The molecule has 1 aliphatic heterocycles. The SMILES string of the molecule is Cc1ccccc1C(C)n1cncc1C1CCNCC1. The number of benzene rings is 1. The molecule has 0 saturated carbocycles. The molecule has 20 heavy (non-hydrogen) atoms. The van der Waals surface area contributed by atoms with E-state index >= 15 is 0 Å². The summed E-state index contributed by atoms with van der Waals surface area (Å²) in [6.07, 6.45) is 6.48. The first-order valence-corrected chi connectivity index (χ1v) is 7.55. The van der Waals surface area contributed by atoms with Gasteiger partial charge in [-0.15, -0.1) is 0 Å². The molecule has 2 heterocycles. The largest absolute Gasteiger partial charge is 0.327 e. The molecule has 3 nitrogen and oxygen atoms in total. The third-order valence-corrected chi connectivity index (χ3v) is 4.51. The second kappa shape index (κ2) is 5.80. The zero-order chi connectivity index (χ0) is 13.9. The molecule has 3 rings (SSSR count). The van der Waals surface area contributed by atoms with E-state index in [2.05, 4.69) is 59.2 Å². The first-order chi connectivity index (χ1) is 9.77. The van der Waals surface area contributed by atoms with Crippen LogP contribution in [0, 0.1) is 6.92 Å². The summed E-state index contributed by atoms with van der Waals surface area (Å²) in [5, 5.41) is 3.44. The zero-order valence-electron chi connectivity index (χ0n) is 12.3. The molecule has 3 heteroatoms. The maximum Gasteiger partial charge on any atom is 0.0953 e. The van der Waals surface area contributed by atoms with Gasteiger partial charge in [-0.1, -0.05) is 24.3 Å². The van der Waals surface area contributed by atoms with Crippen molar-refractivity contribution in [2.45, 2.75) is 38.6 Å². The predicted molar refractivity (Wildman–Crippen MR) is 82.1 cm³/mol. The molecule has 1 N–H and O–H groups in total. The molecule has 1 aromatic carbocycles. The Morgan fingerprint density at radius 2 is 2.00 bits per heavy atom. The van der Waals surface area contributed by atoms with Crippen molar-refractivity contribution >= 4 is 0 Å². The van der Waals surface area contributed by atoms with Crippen molar-refractivity contribution in [2.24, 2.45) is 0 Å². The van der Waals surface area contributed by atoms with Crippen LogP contribution in [-0.2, 0) is 0 Å². The molecule has 1 fully saturated rings. The molecule has 1 saturated heterocycles. The lowest BCUT2D eigenvalue weighted by Gasteiger charge is -2.26. The summed E-state index contributed by atoms with van der Waals surface area (Å²) >= 11 is 0. The van der Waals surface area contributed by atoms with Crippen LogP contribution in [-0.4, -0.2) is 22.6 Å². The molecule has 106 valence electrons. The molecule has 0 amide bonds. The molecule has 0 spiro atoms. The van der Waals surface area contributed by atoms with Crippen LogP contribution in [0.1, 0.15) is 48.5 Å². The van der Waals surface area contributed by atoms with Gasteiger partial charge in [0.2, 0.25) is 0 Å². The predicted octanol–water partition coefficient (Wildman–Crippen LogP) is 3.27. The van der Waals surface area contributed by atoms with E-state index in [1.165, 1.54) is 29.7 Å². The van der Waals surface area contributed by atoms with Crippen LogP contribution in [0.15, 0.2) is 36.8 Å². The van der Waals surface area contributed by atoms with Gasteiger partial charge >= 0.3 is 0 Å². The Hall–Kier alpha value is -1.61. The van der Waals surface area contributed by atoms with Crippen LogP contribution < -0.4 is 5.32 Å². The maximum atomic E-state index is 4.42. The number of aromatic nitrogens is 2. The highest BCUT2D eigenvalue weighted by molar-refractivity contribution is 5.29. The Bertz CT molecular complexity index is 567. The minimum atomic E-state index is 0.351. The van der Waals surface area contributed by atoms with Crippen LogP contribution >= 0.6 is 0 Å². The fraction of sp³-hybridized carbons (Fsp3) is 0.471. The van der Waals surface area contributed by atoms with Crippen LogP contribution in [0.2, 0.25) is 0 Å². The average molecular weight is 269 g/mol. The van der Waals surface area contributed by atoms with E-state index in [0.29, 0.717) is 12.0 Å². The molecule has 0 bridgehead atoms.